The van der Waals surface area contributed by atoms with Crippen molar-refractivity contribution in [3.8, 4) is 17.3 Å². The van der Waals surface area contributed by atoms with Gasteiger partial charge in [0, 0.05) is 0 Å². The van der Waals surface area contributed by atoms with Crippen LogP contribution in [0.4, 0.5) is 0 Å². The number of carbonyl (C=O) groups is 1. The summed E-state index contributed by atoms with van der Waals surface area (Å²) in [5.41, 5.74) is 2.51. The fraction of sp³-hybridized carbons (Fsp3) is 0.182. The highest BCUT2D eigenvalue weighted by Gasteiger charge is 2.21. The van der Waals surface area contributed by atoms with Crippen molar-refractivity contribution >= 4 is 33.2 Å². The van der Waals surface area contributed by atoms with E-state index in [1.165, 1.54) is 18.4 Å². The maximum Gasteiger partial charge on any atom is 0.348 e. The van der Waals surface area contributed by atoms with Crippen molar-refractivity contribution in [3.63, 3.8) is 0 Å². The van der Waals surface area contributed by atoms with Crippen molar-refractivity contribution in [2.45, 2.75) is 20.5 Å². The van der Waals surface area contributed by atoms with Crippen molar-refractivity contribution in [2.75, 3.05) is 7.11 Å². The van der Waals surface area contributed by atoms with Gasteiger partial charge in [-0.15, -0.1) is 16.4 Å². The lowest BCUT2D eigenvalue weighted by Gasteiger charge is -2.04. The van der Waals surface area contributed by atoms with Gasteiger partial charge in [-0.05, 0) is 49.2 Å². The summed E-state index contributed by atoms with van der Waals surface area (Å²) in [5, 5.41) is 5.27. The smallest absolute Gasteiger partial charge is 0.348 e. The molecule has 0 aliphatic heterocycles. The zero-order valence-corrected chi connectivity index (χ0v) is 17.9. The van der Waals surface area contributed by atoms with Crippen molar-refractivity contribution in [3.05, 3.63) is 64.5 Å². The standard InChI is InChI=1S/C22H18N4O4S/c1-12-5-4-6-14(9-12)29-10-15-7-8-16(30-15)19-24-20-17-13(2)18(22(27)28-3)31-21(17)23-11-26(20)25-19/h4-9,11H,10H2,1-3H3. The zero-order chi connectivity index (χ0) is 21.5. The highest BCUT2D eigenvalue weighted by atomic mass is 32.1. The molecule has 9 heteroatoms. The molecule has 5 rings (SSSR count). The zero-order valence-electron chi connectivity index (χ0n) is 17.1. The minimum Gasteiger partial charge on any atom is -0.486 e. The Hall–Kier alpha value is -3.72. The number of esters is 1. The molecule has 156 valence electrons. The summed E-state index contributed by atoms with van der Waals surface area (Å²) in [5.74, 6) is 2.02. The molecular formula is C22H18N4O4S. The molecule has 0 radical (unpaired) electrons. The second-order valence-electron chi connectivity index (χ2n) is 7.05. The van der Waals surface area contributed by atoms with E-state index in [9.17, 15) is 4.79 Å². The normalized spacial score (nSPS) is 11.3. The topological polar surface area (TPSA) is 91.8 Å². The Morgan fingerprint density at radius 2 is 2.10 bits per heavy atom. The van der Waals surface area contributed by atoms with E-state index < -0.39 is 0 Å². The maximum atomic E-state index is 12.0. The third-order valence-corrected chi connectivity index (χ3v) is 6.07. The molecule has 4 aromatic heterocycles. The van der Waals surface area contributed by atoms with Gasteiger partial charge in [-0.1, -0.05) is 12.1 Å². The van der Waals surface area contributed by atoms with Gasteiger partial charge in [0.05, 0.1) is 12.5 Å². The van der Waals surface area contributed by atoms with E-state index in [2.05, 4.69) is 15.1 Å². The summed E-state index contributed by atoms with van der Waals surface area (Å²) in [4.78, 5) is 22.3. The van der Waals surface area contributed by atoms with Gasteiger partial charge < -0.3 is 13.9 Å². The molecule has 0 atom stereocenters. The molecule has 0 saturated carbocycles. The van der Waals surface area contributed by atoms with Crippen LogP contribution < -0.4 is 4.74 Å². The van der Waals surface area contributed by atoms with Crippen LogP contribution in [0.25, 0.3) is 27.4 Å². The summed E-state index contributed by atoms with van der Waals surface area (Å²) in [6.07, 6.45) is 1.58. The lowest BCUT2D eigenvalue weighted by Crippen LogP contribution is -1.99. The summed E-state index contributed by atoms with van der Waals surface area (Å²) >= 11 is 1.28. The van der Waals surface area contributed by atoms with E-state index in [1.807, 2.05) is 50.2 Å². The van der Waals surface area contributed by atoms with Crippen LogP contribution in [-0.2, 0) is 11.3 Å². The molecule has 8 nitrogen and oxygen atoms in total. The molecule has 0 saturated heterocycles. The molecule has 0 unspecified atom stereocenters. The number of rotatable bonds is 5. The first kappa shape index (κ1) is 19.3. The number of aromatic nitrogens is 4. The Labute approximate surface area is 181 Å². The van der Waals surface area contributed by atoms with Crippen molar-refractivity contribution in [2.24, 2.45) is 0 Å². The van der Waals surface area contributed by atoms with Crippen molar-refractivity contribution in [1.82, 2.24) is 19.6 Å². The number of nitrogens with zero attached hydrogens (tertiary/aromatic N) is 4. The Balaban J connectivity index is 1.46. The van der Waals surface area contributed by atoms with E-state index in [4.69, 9.17) is 13.9 Å². The predicted molar refractivity (Wildman–Crippen MR) is 115 cm³/mol. The summed E-state index contributed by atoms with van der Waals surface area (Å²) in [6, 6.07) is 11.5. The number of carbonyl (C=O) groups excluding carboxylic acids is 1. The van der Waals surface area contributed by atoms with Gasteiger partial charge in [0.15, 0.2) is 11.4 Å². The van der Waals surface area contributed by atoms with Gasteiger partial charge in [-0.25, -0.2) is 19.3 Å². The summed E-state index contributed by atoms with van der Waals surface area (Å²) in [7, 11) is 1.36. The largest absolute Gasteiger partial charge is 0.486 e. The first-order valence-electron chi connectivity index (χ1n) is 9.55. The van der Waals surface area contributed by atoms with Crippen molar-refractivity contribution < 1.29 is 18.7 Å². The van der Waals surface area contributed by atoms with Crippen LogP contribution in [0.5, 0.6) is 5.75 Å². The van der Waals surface area contributed by atoms with Gasteiger partial charge in [-0.2, -0.15) is 0 Å². The van der Waals surface area contributed by atoms with Crippen LogP contribution in [-0.4, -0.2) is 32.7 Å². The number of ether oxygens (including phenoxy) is 2. The summed E-state index contributed by atoms with van der Waals surface area (Å²) in [6.45, 7) is 4.17. The SMILES string of the molecule is COC(=O)c1sc2ncn3nc(-c4ccc(COc5cccc(C)c5)o4)nc3c2c1C. The van der Waals surface area contributed by atoms with E-state index in [1.54, 1.807) is 10.8 Å². The van der Waals surface area contributed by atoms with Gasteiger partial charge in [0.2, 0.25) is 5.82 Å². The first-order valence-corrected chi connectivity index (χ1v) is 10.4. The van der Waals surface area contributed by atoms with Crippen LogP contribution in [0.3, 0.4) is 0 Å². The third kappa shape index (κ3) is 3.42. The van der Waals surface area contributed by atoms with Gasteiger partial charge in [0.25, 0.3) is 0 Å². The lowest BCUT2D eigenvalue weighted by atomic mass is 10.2. The highest BCUT2D eigenvalue weighted by molar-refractivity contribution is 7.20. The molecule has 0 aliphatic rings. The van der Waals surface area contributed by atoms with Gasteiger partial charge in [0.1, 0.15) is 34.2 Å². The molecule has 1 aromatic carbocycles. The molecule has 0 fully saturated rings. The molecule has 0 N–H and O–H groups in total. The number of aryl methyl sites for hydroxylation is 2. The van der Waals surface area contributed by atoms with Crippen LogP contribution in [0.2, 0.25) is 0 Å². The first-order chi connectivity index (χ1) is 15.0. The van der Waals surface area contributed by atoms with E-state index >= 15 is 0 Å². The number of thiophene rings is 1. The number of hydrogen-bond donors (Lipinski definition) is 0. The second kappa shape index (κ2) is 7.51. The minimum absolute atomic E-state index is 0.300. The minimum atomic E-state index is -0.386. The van der Waals surface area contributed by atoms with E-state index in [0.717, 1.165) is 22.3 Å². The van der Waals surface area contributed by atoms with Crippen LogP contribution in [0.1, 0.15) is 26.6 Å². The summed E-state index contributed by atoms with van der Waals surface area (Å²) < 4.78 is 18.2. The molecule has 0 bridgehead atoms. The maximum absolute atomic E-state index is 12.0. The number of furan rings is 1. The Kier molecular flexibility index (Phi) is 4.67. The van der Waals surface area contributed by atoms with Crippen molar-refractivity contribution in [1.29, 1.82) is 0 Å². The molecule has 4 heterocycles. The fourth-order valence-electron chi connectivity index (χ4n) is 3.36. The molecule has 5 aromatic rings. The number of hydrogen-bond acceptors (Lipinski definition) is 8. The lowest BCUT2D eigenvalue weighted by molar-refractivity contribution is 0.0605. The Morgan fingerprint density at radius 1 is 1.23 bits per heavy atom. The van der Waals surface area contributed by atoms with Crippen LogP contribution >= 0.6 is 11.3 Å². The fourth-order valence-corrected chi connectivity index (χ4v) is 4.42. The predicted octanol–water partition coefficient (Wildman–Crippen LogP) is 4.58. The number of fused-ring (bicyclic) bond motifs is 3. The number of methoxy groups -OCH3 is 1. The quantitative estimate of drug-likeness (QED) is 0.374. The van der Waals surface area contributed by atoms with Crippen LogP contribution in [0, 0.1) is 13.8 Å². The molecular weight excluding hydrogens is 416 g/mol. The molecule has 0 spiro atoms. The average Bonchev–Trinajstić information content (AvgIpc) is 3.48. The monoisotopic (exact) mass is 434 g/mol. The average molecular weight is 434 g/mol. The third-order valence-electron chi connectivity index (χ3n) is 4.89. The second-order valence-corrected chi connectivity index (χ2v) is 8.05. The van der Waals surface area contributed by atoms with E-state index in [-0.39, 0.29) is 5.97 Å². The van der Waals surface area contributed by atoms with Crippen LogP contribution in [0.15, 0.2) is 47.1 Å². The van der Waals surface area contributed by atoms with Gasteiger partial charge >= 0.3 is 5.97 Å². The highest BCUT2D eigenvalue weighted by Crippen LogP contribution is 2.33. The Morgan fingerprint density at radius 3 is 2.90 bits per heavy atom. The number of benzene rings is 1. The molecule has 0 amide bonds. The van der Waals surface area contributed by atoms with Gasteiger partial charge in [-0.3, -0.25) is 0 Å². The van der Waals surface area contributed by atoms with E-state index in [0.29, 0.717) is 39.3 Å². The Bertz CT molecular complexity index is 1430. The molecule has 0 aliphatic carbocycles. The molecule has 31 heavy (non-hydrogen) atoms.